The van der Waals surface area contributed by atoms with Gasteiger partial charge in [0.05, 0.1) is 11.3 Å². The molecule has 0 radical (unpaired) electrons. The summed E-state index contributed by atoms with van der Waals surface area (Å²) in [7, 11) is -3.63. The minimum absolute atomic E-state index is 0.0526. The molecule has 1 amide bonds. The van der Waals surface area contributed by atoms with Crippen LogP contribution in [0.2, 0.25) is 0 Å². The predicted octanol–water partition coefficient (Wildman–Crippen LogP) is 4.15. The van der Waals surface area contributed by atoms with Crippen molar-refractivity contribution in [3.8, 4) is 0 Å². The summed E-state index contributed by atoms with van der Waals surface area (Å²) in [4.78, 5) is 12.7. The van der Waals surface area contributed by atoms with Crippen LogP contribution >= 0.6 is 0 Å². The summed E-state index contributed by atoms with van der Waals surface area (Å²) < 4.78 is 33.1. The number of aryl methyl sites for hydroxylation is 2. The first-order valence-corrected chi connectivity index (χ1v) is 12.1. The van der Waals surface area contributed by atoms with Gasteiger partial charge in [0.25, 0.3) is 0 Å². The van der Waals surface area contributed by atoms with Crippen molar-refractivity contribution in [2.24, 2.45) is 0 Å². The van der Waals surface area contributed by atoms with E-state index in [1.54, 1.807) is 12.1 Å². The molecule has 1 heterocycles. The molecular formula is C25H25N3O4S. The molecule has 170 valence electrons. The number of hydrogen-bond acceptors (Lipinski definition) is 5. The third-order valence-electron chi connectivity index (χ3n) is 5.30. The standard InChI is InChI=1S/C25H25N3O4S/c1-17-14-18(2)25-22(15-17)23(28-32-25)16-24(29)27-20-8-10-21(11-9-20)33(30,31)26-13-12-19-6-4-3-5-7-19/h3-11,14-15,26H,12-13,16H2,1-2H3,(H,27,29). The second-order valence-corrected chi connectivity index (χ2v) is 9.74. The van der Waals surface area contributed by atoms with Crippen molar-refractivity contribution < 1.29 is 17.7 Å². The molecule has 0 aliphatic heterocycles. The van der Waals surface area contributed by atoms with Gasteiger partial charge in [0, 0.05) is 17.6 Å². The molecule has 0 fully saturated rings. The van der Waals surface area contributed by atoms with E-state index in [0.29, 0.717) is 29.9 Å². The zero-order valence-corrected chi connectivity index (χ0v) is 19.3. The van der Waals surface area contributed by atoms with Gasteiger partial charge in [-0.15, -0.1) is 0 Å². The second-order valence-electron chi connectivity index (χ2n) is 7.97. The average Bonchev–Trinajstić information content (AvgIpc) is 3.17. The first kappa shape index (κ1) is 22.7. The summed E-state index contributed by atoms with van der Waals surface area (Å²) in [5.41, 5.74) is 4.85. The molecule has 4 rings (SSSR count). The van der Waals surface area contributed by atoms with E-state index in [4.69, 9.17) is 4.52 Å². The maximum Gasteiger partial charge on any atom is 0.240 e. The monoisotopic (exact) mass is 463 g/mol. The van der Waals surface area contributed by atoms with Crippen LogP contribution in [0.15, 0.2) is 76.1 Å². The molecule has 1 aromatic heterocycles. The third-order valence-corrected chi connectivity index (χ3v) is 6.78. The highest BCUT2D eigenvalue weighted by Gasteiger charge is 2.16. The van der Waals surface area contributed by atoms with Gasteiger partial charge in [-0.3, -0.25) is 4.79 Å². The van der Waals surface area contributed by atoms with Crippen LogP contribution in [0.3, 0.4) is 0 Å². The molecule has 4 aromatic rings. The smallest absolute Gasteiger partial charge is 0.240 e. The first-order valence-electron chi connectivity index (χ1n) is 10.6. The van der Waals surface area contributed by atoms with Crippen molar-refractivity contribution >= 4 is 32.6 Å². The number of rotatable bonds is 8. The predicted molar refractivity (Wildman–Crippen MR) is 128 cm³/mol. The van der Waals surface area contributed by atoms with Crippen LogP contribution in [0.25, 0.3) is 11.0 Å². The molecule has 0 unspecified atom stereocenters. The van der Waals surface area contributed by atoms with Crippen molar-refractivity contribution in [1.29, 1.82) is 0 Å². The van der Waals surface area contributed by atoms with E-state index in [9.17, 15) is 13.2 Å². The molecule has 3 aromatic carbocycles. The average molecular weight is 464 g/mol. The van der Waals surface area contributed by atoms with Crippen molar-refractivity contribution in [3.05, 3.63) is 89.1 Å². The Hall–Kier alpha value is -3.49. The van der Waals surface area contributed by atoms with Crippen molar-refractivity contribution in [1.82, 2.24) is 9.88 Å². The fourth-order valence-corrected chi connectivity index (χ4v) is 4.73. The maximum atomic E-state index is 12.5. The zero-order valence-electron chi connectivity index (χ0n) is 18.5. The molecule has 0 bridgehead atoms. The van der Waals surface area contributed by atoms with Gasteiger partial charge in [-0.25, -0.2) is 13.1 Å². The molecule has 0 spiro atoms. The summed E-state index contributed by atoms with van der Waals surface area (Å²) in [6, 6.07) is 19.7. The highest BCUT2D eigenvalue weighted by molar-refractivity contribution is 7.89. The summed E-state index contributed by atoms with van der Waals surface area (Å²) >= 11 is 0. The minimum atomic E-state index is -3.63. The number of sulfonamides is 1. The van der Waals surface area contributed by atoms with Crippen LogP contribution < -0.4 is 10.0 Å². The van der Waals surface area contributed by atoms with Crippen molar-refractivity contribution in [2.75, 3.05) is 11.9 Å². The van der Waals surface area contributed by atoms with E-state index in [2.05, 4.69) is 15.2 Å². The third kappa shape index (κ3) is 5.47. The summed E-state index contributed by atoms with van der Waals surface area (Å²) in [6.07, 6.45) is 0.654. The highest BCUT2D eigenvalue weighted by Crippen LogP contribution is 2.24. The molecule has 2 N–H and O–H groups in total. The van der Waals surface area contributed by atoms with E-state index >= 15 is 0 Å². The van der Waals surface area contributed by atoms with E-state index in [1.165, 1.54) is 12.1 Å². The normalized spacial score (nSPS) is 11.6. The van der Waals surface area contributed by atoms with Gasteiger partial charge >= 0.3 is 0 Å². The van der Waals surface area contributed by atoms with Crippen LogP contribution in [0.5, 0.6) is 0 Å². The molecule has 0 atom stereocenters. The molecule has 0 saturated carbocycles. The lowest BCUT2D eigenvalue weighted by atomic mass is 10.1. The van der Waals surface area contributed by atoms with Gasteiger partial charge in [-0.2, -0.15) is 0 Å². The van der Waals surface area contributed by atoms with Crippen molar-refractivity contribution in [2.45, 2.75) is 31.6 Å². The number of nitrogens with zero attached hydrogens (tertiary/aromatic N) is 1. The van der Waals surface area contributed by atoms with Crippen LogP contribution in [0.4, 0.5) is 5.69 Å². The molecule has 0 aliphatic carbocycles. The minimum Gasteiger partial charge on any atom is -0.356 e. The quantitative estimate of drug-likeness (QED) is 0.409. The first-order chi connectivity index (χ1) is 15.8. The lowest BCUT2D eigenvalue weighted by Crippen LogP contribution is -2.26. The Labute approximate surface area is 192 Å². The van der Waals surface area contributed by atoms with Gasteiger partial charge in [-0.1, -0.05) is 41.6 Å². The van der Waals surface area contributed by atoms with Gasteiger partial charge in [0.15, 0.2) is 5.58 Å². The van der Waals surface area contributed by atoms with Gasteiger partial charge < -0.3 is 9.84 Å². The van der Waals surface area contributed by atoms with Gasteiger partial charge in [-0.05, 0) is 67.3 Å². The molecule has 0 aliphatic rings. The topological polar surface area (TPSA) is 101 Å². The Kier molecular flexibility index (Phi) is 6.57. The van der Waals surface area contributed by atoms with Gasteiger partial charge in [0.2, 0.25) is 15.9 Å². The van der Waals surface area contributed by atoms with E-state index in [1.807, 2.05) is 56.3 Å². The fraction of sp³-hybridized carbons (Fsp3) is 0.200. The Morgan fingerprint density at radius 2 is 1.73 bits per heavy atom. The zero-order chi connectivity index (χ0) is 23.4. The Bertz CT molecular complexity index is 1380. The van der Waals surface area contributed by atoms with Gasteiger partial charge in [0.1, 0.15) is 5.69 Å². The Balaban J connectivity index is 1.36. The lowest BCUT2D eigenvalue weighted by molar-refractivity contribution is -0.115. The largest absolute Gasteiger partial charge is 0.356 e. The molecule has 7 nitrogen and oxygen atoms in total. The summed E-state index contributed by atoms with van der Waals surface area (Å²) in [6.45, 7) is 4.22. The van der Waals surface area contributed by atoms with Crippen LogP contribution in [-0.4, -0.2) is 26.0 Å². The van der Waals surface area contributed by atoms with E-state index in [0.717, 1.165) is 22.1 Å². The number of carbonyl (C=O) groups excluding carboxylic acids is 1. The number of amides is 1. The number of hydrogen-bond donors (Lipinski definition) is 2. The van der Waals surface area contributed by atoms with E-state index < -0.39 is 10.0 Å². The van der Waals surface area contributed by atoms with Crippen LogP contribution in [0, 0.1) is 13.8 Å². The lowest BCUT2D eigenvalue weighted by Gasteiger charge is -2.09. The Morgan fingerprint density at radius 1 is 1.00 bits per heavy atom. The molecule has 0 saturated heterocycles. The summed E-state index contributed by atoms with van der Waals surface area (Å²) in [5, 5.41) is 7.66. The summed E-state index contributed by atoms with van der Waals surface area (Å²) in [5.74, 6) is -0.263. The van der Waals surface area contributed by atoms with Crippen molar-refractivity contribution in [3.63, 3.8) is 0 Å². The second kappa shape index (κ2) is 9.56. The van der Waals surface area contributed by atoms with E-state index in [-0.39, 0.29) is 17.2 Å². The number of aromatic nitrogens is 1. The number of fused-ring (bicyclic) bond motifs is 1. The number of carbonyl (C=O) groups is 1. The molecular weight excluding hydrogens is 438 g/mol. The fourth-order valence-electron chi connectivity index (χ4n) is 3.70. The molecule has 33 heavy (non-hydrogen) atoms. The maximum absolute atomic E-state index is 12.5. The Morgan fingerprint density at radius 3 is 2.45 bits per heavy atom. The SMILES string of the molecule is Cc1cc(C)c2onc(CC(=O)Nc3ccc(S(=O)(=O)NCCc4ccccc4)cc3)c2c1. The number of nitrogens with one attached hydrogen (secondary N) is 2. The van der Waals surface area contributed by atoms with Crippen LogP contribution in [-0.2, 0) is 27.7 Å². The molecule has 8 heteroatoms. The highest BCUT2D eigenvalue weighted by atomic mass is 32.2. The van der Waals surface area contributed by atoms with Crippen LogP contribution in [0.1, 0.15) is 22.4 Å². The number of anilines is 1. The number of benzene rings is 3.